The summed E-state index contributed by atoms with van der Waals surface area (Å²) in [7, 11) is 1.80. The van der Waals surface area contributed by atoms with Gasteiger partial charge in [0.05, 0.1) is 44.3 Å². The summed E-state index contributed by atoms with van der Waals surface area (Å²) in [6.07, 6.45) is 5.08. The van der Waals surface area contributed by atoms with Crippen molar-refractivity contribution in [1.82, 2.24) is 25.3 Å². The Bertz CT molecular complexity index is 1300. The van der Waals surface area contributed by atoms with E-state index < -0.39 is 0 Å². The lowest BCUT2D eigenvalue weighted by atomic mass is 9.81. The van der Waals surface area contributed by atoms with Crippen LogP contribution in [0.5, 0.6) is 0 Å². The number of nitrogens with zero attached hydrogens (tertiary/aromatic N) is 3. The second kappa shape index (κ2) is 12.4. The van der Waals surface area contributed by atoms with E-state index >= 15 is 0 Å². The Balaban J connectivity index is 1.31. The van der Waals surface area contributed by atoms with E-state index in [0.717, 1.165) is 57.4 Å². The molecule has 4 heterocycles. The molecule has 2 aliphatic heterocycles. The number of furan rings is 1. The van der Waals surface area contributed by atoms with Gasteiger partial charge in [-0.3, -0.25) is 4.68 Å². The molecule has 2 unspecified atom stereocenters. The first-order chi connectivity index (χ1) is 18.7. The summed E-state index contributed by atoms with van der Waals surface area (Å²) in [5.41, 5.74) is 3.10. The fraction of sp³-hybridized carbons (Fsp3) is 0.464. The summed E-state index contributed by atoms with van der Waals surface area (Å²) in [5, 5.41) is 23.1. The molecule has 1 aromatic carbocycles. The van der Waals surface area contributed by atoms with Gasteiger partial charge in [-0.25, -0.2) is 0 Å². The highest BCUT2D eigenvalue weighted by atomic mass is 35.5. The van der Waals surface area contributed by atoms with Crippen molar-refractivity contribution < 1.29 is 9.52 Å². The van der Waals surface area contributed by atoms with Gasteiger partial charge < -0.3 is 25.1 Å². The molecule has 0 saturated carbocycles. The van der Waals surface area contributed by atoms with Crippen LogP contribution in [0.1, 0.15) is 42.9 Å². The average Bonchev–Trinajstić information content (AvgIpc) is 3.46. The predicted molar refractivity (Wildman–Crippen MR) is 159 cm³/mol. The van der Waals surface area contributed by atoms with Crippen LogP contribution >= 0.6 is 46.4 Å². The largest absolute Gasteiger partial charge is 0.442 e. The summed E-state index contributed by atoms with van der Waals surface area (Å²) in [4.78, 5) is 2.45. The number of aliphatic hydroxyl groups is 1. The van der Waals surface area contributed by atoms with Crippen LogP contribution in [0.4, 0.5) is 0 Å². The van der Waals surface area contributed by atoms with Crippen LogP contribution < -0.4 is 10.6 Å². The van der Waals surface area contributed by atoms with Crippen LogP contribution in [0.3, 0.4) is 0 Å². The van der Waals surface area contributed by atoms with Gasteiger partial charge >= 0.3 is 0 Å². The summed E-state index contributed by atoms with van der Waals surface area (Å²) in [6.45, 7) is 7.91. The molecule has 39 heavy (non-hydrogen) atoms. The van der Waals surface area contributed by atoms with E-state index in [4.69, 9.17) is 50.8 Å². The lowest BCUT2D eigenvalue weighted by Gasteiger charge is -2.39. The molecule has 0 aliphatic carbocycles. The molecule has 2 aromatic heterocycles. The molecule has 0 bridgehead atoms. The van der Waals surface area contributed by atoms with Gasteiger partial charge in [-0.2, -0.15) is 5.10 Å². The van der Waals surface area contributed by atoms with E-state index in [0.29, 0.717) is 43.8 Å². The third-order valence-corrected chi connectivity index (χ3v) is 9.16. The molecular weight excluding hydrogens is 580 g/mol. The van der Waals surface area contributed by atoms with Crippen LogP contribution in [0.2, 0.25) is 20.3 Å². The highest BCUT2D eigenvalue weighted by molar-refractivity contribution is 6.42. The van der Waals surface area contributed by atoms with Crippen molar-refractivity contribution in [1.29, 1.82) is 0 Å². The van der Waals surface area contributed by atoms with Crippen molar-refractivity contribution in [2.45, 2.75) is 49.8 Å². The van der Waals surface area contributed by atoms with Crippen LogP contribution in [0.15, 0.2) is 41.5 Å². The summed E-state index contributed by atoms with van der Waals surface area (Å²) in [6, 6.07) is 8.09. The number of aliphatic hydroxyl groups excluding tert-OH is 1. The first-order valence-corrected chi connectivity index (χ1v) is 14.7. The maximum Gasteiger partial charge on any atom is 0.203 e. The van der Waals surface area contributed by atoms with Gasteiger partial charge in [-0.15, -0.1) is 0 Å². The Kier molecular flexibility index (Phi) is 9.18. The third kappa shape index (κ3) is 6.62. The number of hydrogen-bond donors (Lipinski definition) is 3. The number of piperidine rings is 2. The Morgan fingerprint density at radius 3 is 2.62 bits per heavy atom. The number of nitrogens with one attached hydrogen (secondary N) is 2. The van der Waals surface area contributed by atoms with Gasteiger partial charge in [0.25, 0.3) is 0 Å². The molecule has 5 rings (SSSR count). The van der Waals surface area contributed by atoms with Gasteiger partial charge in [0.15, 0.2) is 5.76 Å². The minimum Gasteiger partial charge on any atom is -0.442 e. The lowest BCUT2D eigenvalue weighted by molar-refractivity contribution is 0.0796. The van der Waals surface area contributed by atoms with E-state index in [-0.39, 0.29) is 23.3 Å². The molecule has 2 fully saturated rings. The molecule has 0 spiro atoms. The molecule has 3 aromatic rings. The number of benzene rings is 1. The van der Waals surface area contributed by atoms with Crippen LogP contribution in [0, 0.1) is 0 Å². The van der Waals surface area contributed by atoms with Crippen molar-refractivity contribution in [2.75, 3.05) is 26.2 Å². The second-order valence-electron chi connectivity index (χ2n) is 10.5. The topological polar surface area (TPSA) is 78.5 Å². The zero-order valence-electron chi connectivity index (χ0n) is 21.8. The fourth-order valence-electron chi connectivity index (χ4n) is 5.64. The molecule has 210 valence electrons. The number of likely N-dealkylation sites (tertiary alicyclic amines) is 1. The Hall–Kier alpha value is -1.71. The Morgan fingerprint density at radius 2 is 1.92 bits per heavy atom. The minimum absolute atomic E-state index is 0.0312. The highest BCUT2D eigenvalue weighted by Gasteiger charge is 2.33. The van der Waals surface area contributed by atoms with Gasteiger partial charge in [-0.1, -0.05) is 47.4 Å². The quantitative estimate of drug-likeness (QED) is 0.280. The monoisotopic (exact) mass is 611 g/mol. The molecule has 0 radical (unpaired) electrons. The molecule has 0 amide bonds. The number of aryl methyl sites for hydroxylation is 1. The number of rotatable bonds is 8. The summed E-state index contributed by atoms with van der Waals surface area (Å²) in [5.74, 6) is 0.705. The molecule has 2 saturated heterocycles. The maximum absolute atomic E-state index is 9.82. The van der Waals surface area contributed by atoms with Gasteiger partial charge in [0, 0.05) is 44.7 Å². The Labute approximate surface area is 249 Å². The smallest absolute Gasteiger partial charge is 0.203 e. The van der Waals surface area contributed by atoms with Gasteiger partial charge in [0.2, 0.25) is 5.22 Å². The van der Waals surface area contributed by atoms with Crippen LogP contribution in [-0.2, 0) is 7.05 Å². The van der Waals surface area contributed by atoms with Crippen molar-refractivity contribution in [3.05, 3.63) is 68.7 Å². The zero-order chi connectivity index (χ0) is 27.7. The highest BCUT2D eigenvalue weighted by Crippen LogP contribution is 2.38. The molecule has 2 aliphatic rings. The minimum atomic E-state index is -0.158. The number of hydrogen-bond acceptors (Lipinski definition) is 6. The number of halogens is 4. The molecular formula is C28H33Cl4N5O2. The van der Waals surface area contributed by atoms with E-state index in [9.17, 15) is 5.11 Å². The van der Waals surface area contributed by atoms with E-state index in [1.807, 2.05) is 18.2 Å². The van der Waals surface area contributed by atoms with E-state index in [2.05, 4.69) is 33.3 Å². The number of aromatic nitrogens is 2. The van der Waals surface area contributed by atoms with Crippen LogP contribution in [0.25, 0.3) is 17.0 Å². The standard InChI is InChI=1S/C28H33Cl4N5O2/c1-16(26-13-21(28(32)39-26)27-24(31)14-34-36(27)2)35-25-15-33-18(5-8-37-9-6-19(38)7-10-37)12-20(25)17-3-4-22(29)23(30)11-17/h3-4,11,13-14,18-20,25,33,35,38H,1,5-10,12,15H2,2H3/t18?,20-,25?/m0/s1. The van der Waals surface area contributed by atoms with Crippen molar-refractivity contribution in [2.24, 2.45) is 7.05 Å². The van der Waals surface area contributed by atoms with E-state index in [1.165, 1.54) is 0 Å². The summed E-state index contributed by atoms with van der Waals surface area (Å²) < 4.78 is 7.55. The average molecular weight is 613 g/mol. The molecule has 3 N–H and O–H groups in total. The first kappa shape index (κ1) is 28.8. The molecule has 11 heteroatoms. The third-order valence-electron chi connectivity index (χ3n) is 7.87. The SMILES string of the molecule is C=C(NC1CNC(CCN2CCC(O)CC2)C[C@H]1c1ccc(Cl)c(Cl)c1)c1cc(-c2c(Cl)cnn2C)c(Cl)o1. The van der Waals surface area contributed by atoms with E-state index in [1.54, 1.807) is 17.9 Å². The van der Waals surface area contributed by atoms with Crippen molar-refractivity contribution in [3.8, 4) is 11.3 Å². The van der Waals surface area contributed by atoms with Crippen molar-refractivity contribution in [3.63, 3.8) is 0 Å². The van der Waals surface area contributed by atoms with Gasteiger partial charge in [0.1, 0.15) is 0 Å². The predicted octanol–water partition coefficient (Wildman–Crippen LogP) is 6.22. The van der Waals surface area contributed by atoms with Crippen LogP contribution in [-0.4, -0.2) is 64.2 Å². The zero-order valence-corrected chi connectivity index (χ0v) is 24.8. The normalized spacial score (nSPS) is 22.8. The fourth-order valence-corrected chi connectivity index (χ4v) is 6.44. The summed E-state index contributed by atoms with van der Waals surface area (Å²) >= 11 is 25.5. The maximum atomic E-state index is 9.82. The molecule has 3 atom stereocenters. The van der Waals surface area contributed by atoms with Gasteiger partial charge in [-0.05, 0) is 67.6 Å². The molecule has 7 nitrogen and oxygen atoms in total. The lowest BCUT2D eigenvalue weighted by Crippen LogP contribution is -2.52. The second-order valence-corrected chi connectivity index (χ2v) is 12.0. The first-order valence-electron chi connectivity index (χ1n) is 13.2. The van der Waals surface area contributed by atoms with Crippen molar-refractivity contribution >= 4 is 52.1 Å². The Morgan fingerprint density at radius 1 is 1.15 bits per heavy atom.